The van der Waals surface area contributed by atoms with E-state index in [0.29, 0.717) is 11.3 Å². The van der Waals surface area contributed by atoms with Crippen molar-refractivity contribution < 1.29 is 22.7 Å². The van der Waals surface area contributed by atoms with E-state index in [9.17, 15) is 13.6 Å². The molecule has 1 heterocycles. The molecular formula is C18H14F2N2O3S. The second kappa shape index (κ2) is 8.09. The third-order valence-electron chi connectivity index (χ3n) is 3.39. The average Bonchev–Trinajstić information content (AvgIpc) is 3.11. The zero-order chi connectivity index (χ0) is 18.5. The number of Topliss-reactive ketones (excluding diaryl/α,β-unsaturated/α-hetero) is 1. The maximum Gasteiger partial charge on any atom is 0.277 e. The van der Waals surface area contributed by atoms with Crippen molar-refractivity contribution in [2.45, 2.75) is 18.3 Å². The molecule has 8 heteroatoms. The SMILES string of the molecule is C[C@@H](Oc1ccc(F)cc1)c1nnc(SCC(=O)c2ccc(F)cc2)o1. The molecule has 0 aliphatic carbocycles. The first-order valence-corrected chi connectivity index (χ1v) is 8.67. The van der Waals surface area contributed by atoms with Crippen LogP contribution in [0.5, 0.6) is 5.75 Å². The van der Waals surface area contributed by atoms with Gasteiger partial charge in [0.25, 0.3) is 11.1 Å². The number of hydrogen-bond donors (Lipinski definition) is 0. The number of nitrogens with zero attached hydrogens (tertiary/aromatic N) is 2. The fourth-order valence-corrected chi connectivity index (χ4v) is 2.72. The smallest absolute Gasteiger partial charge is 0.277 e. The molecule has 26 heavy (non-hydrogen) atoms. The van der Waals surface area contributed by atoms with E-state index in [1.54, 1.807) is 6.92 Å². The lowest BCUT2D eigenvalue weighted by Crippen LogP contribution is -2.03. The van der Waals surface area contributed by atoms with Gasteiger partial charge in [-0.2, -0.15) is 0 Å². The Morgan fingerprint density at radius 1 is 1.08 bits per heavy atom. The quantitative estimate of drug-likeness (QED) is 0.448. The highest BCUT2D eigenvalue weighted by Gasteiger charge is 2.17. The van der Waals surface area contributed by atoms with Crippen molar-refractivity contribution in [3.8, 4) is 5.75 Å². The summed E-state index contributed by atoms with van der Waals surface area (Å²) in [7, 11) is 0. The first-order chi connectivity index (χ1) is 12.5. The van der Waals surface area contributed by atoms with Gasteiger partial charge in [-0.1, -0.05) is 11.8 Å². The van der Waals surface area contributed by atoms with E-state index >= 15 is 0 Å². The van der Waals surface area contributed by atoms with Crippen molar-refractivity contribution in [3.05, 3.63) is 71.6 Å². The zero-order valence-electron chi connectivity index (χ0n) is 13.7. The number of rotatable bonds is 7. The highest BCUT2D eigenvalue weighted by Crippen LogP contribution is 2.24. The zero-order valence-corrected chi connectivity index (χ0v) is 14.5. The van der Waals surface area contributed by atoms with Crippen LogP contribution in [0.15, 0.2) is 58.2 Å². The number of ether oxygens (including phenoxy) is 1. The van der Waals surface area contributed by atoms with Crippen molar-refractivity contribution in [1.82, 2.24) is 10.2 Å². The molecule has 0 bridgehead atoms. The number of benzene rings is 2. The maximum absolute atomic E-state index is 12.9. The standard InChI is InChI=1S/C18H14F2N2O3S/c1-11(24-15-8-6-14(20)7-9-15)17-21-22-18(25-17)26-10-16(23)12-2-4-13(19)5-3-12/h2-9,11H,10H2,1H3/t11-/m1/s1. The average molecular weight is 376 g/mol. The summed E-state index contributed by atoms with van der Waals surface area (Å²) in [4.78, 5) is 12.1. The van der Waals surface area contributed by atoms with Crippen LogP contribution >= 0.6 is 11.8 Å². The van der Waals surface area contributed by atoms with Gasteiger partial charge in [-0.15, -0.1) is 10.2 Å². The number of ketones is 1. The van der Waals surface area contributed by atoms with E-state index in [1.807, 2.05) is 0 Å². The van der Waals surface area contributed by atoms with Crippen LogP contribution in [0.4, 0.5) is 8.78 Å². The van der Waals surface area contributed by atoms with Gasteiger partial charge in [0, 0.05) is 5.56 Å². The summed E-state index contributed by atoms with van der Waals surface area (Å²) < 4.78 is 36.8. The van der Waals surface area contributed by atoms with Crippen molar-refractivity contribution in [2.75, 3.05) is 5.75 Å². The first-order valence-electron chi connectivity index (χ1n) is 7.68. The number of halogens is 2. The third kappa shape index (κ3) is 4.66. The summed E-state index contributed by atoms with van der Waals surface area (Å²) in [6.07, 6.45) is -0.532. The minimum absolute atomic E-state index is 0.0838. The van der Waals surface area contributed by atoms with Crippen LogP contribution in [0.3, 0.4) is 0 Å². The van der Waals surface area contributed by atoms with Gasteiger partial charge in [-0.05, 0) is 55.5 Å². The van der Waals surface area contributed by atoms with E-state index in [2.05, 4.69) is 10.2 Å². The summed E-state index contributed by atoms with van der Waals surface area (Å²) in [5, 5.41) is 7.99. The van der Waals surface area contributed by atoms with Gasteiger partial charge in [0.15, 0.2) is 11.9 Å². The summed E-state index contributed by atoms with van der Waals surface area (Å²) >= 11 is 1.09. The molecule has 3 rings (SSSR count). The Balaban J connectivity index is 1.56. The summed E-state index contributed by atoms with van der Waals surface area (Å²) in [6, 6.07) is 10.9. The van der Waals surface area contributed by atoms with Gasteiger partial charge in [0.05, 0.1) is 5.75 Å². The molecule has 0 saturated carbocycles. The van der Waals surface area contributed by atoms with Crippen LogP contribution in [0.1, 0.15) is 29.3 Å². The molecular weight excluding hydrogens is 362 g/mol. The summed E-state index contributed by atoms with van der Waals surface area (Å²) in [5.41, 5.74) is 0.409. The van der Waals surface area contributed by atoms with E-state index in [1.165, 1.54) is 48.5 Å². The van der Waals surface area contributed by atoms with Crippen molar-refractivity contribution in [2.24, 2.45) is 0 Å². The Hall–Kier alpha value is -2.74. The molecule has 134 valence electrons. The fourth-order valence-electron chi connectivity index (χ4n) is 2.06. The van der Waals surface area contributed by atoms with Crippen LogP contribution in [0.25, 0.3) is 0 Å². The van der Waals surface area contributed by atoms with Gasteiger partial charge < -0.3 is 9.15 Å². The molecule has 1 aromatic heterocycles. The van der Waals surface area contributed by atoms with Crippen LogP contribution in [0, 0.1) is 11.6 Å². The van der Waals surface area contributed by atoms with Crippen LogP contribution in [-0.2, 0) is 0 Å². The summed E-state index contributed by atoms with van der Waals surface area (Å²) in [6.45, 7) is 1.72. The maximum atomic E-state index is 12.9. The van der Waals surface area contributed by atoms with E-state index < -0.39 is 11.9 Å². The number of thioether (sulfide) groups is 1. The lowest BCUT2D eigenvalue weighted by molar-refractivity contribution is 0.102. The topological polar surface area (TPSA) is 65.2 Å². The van der Waals surface area contributed by atoms with Gasteiger partial charge in [0.2, 0.25) is 0 Å². The van der Waals surface area contributed by atoms with Crippen LogP contribution < -0.4 is 4.74 Å². The molecule has 0 fully saturated rings. The number of hydrogen-bond acceptors (Lipinski definition) is 6. The molecule has 0 spiro atoms. The molecule has 0 saturated heterocycles. The number of carbonyl (C=O) groups excluding carboxylic acids is 1. The Morgan fingerprint density at radius 2 is 1.69 bits per heavy atom. The second-order valence-corrected chi connectivity index (χ2v) is 6.27. The number of aromatic nitrogens is 2. The van der Waals surface area contributed by atoms with Crippen LogP contribution in [0.2, 0.25) is 0 Å². The van der Waals surface area contributed by atoms with Crippen molar-refractivity contribution >= 4 is 17.5 Å². The third-order valence-corrected chi connectivity index (χ3v) is 4.21. The fraction of sp³-hybridized carbons (Fsp3) is 0.167. The lowest BCUT2D eigenvalue weighted by atomic mass is 10.1. The predicted molar refractivity (Wildman–Crippen MR) is 91.2 cm³/mol. The molecule has 1 atom stereocenters. The minimum Gasteiger partial charge on any atom is -0.481 e. The Kier molecular flexibility index (Phi) is 5.62. The Morgan fingerprint density at radius 3 is 2.35 bits per heavy atom. The Labute approximate surface area is 152 Å². The van der Waals surface area contributed by atoms with E-state index in [4.69, 9.17) is 9.15 Å². The molecule has 0 aliphatic rings. The normalized spacial score (nSPS) is 12.0. The summed E-state index contributed by atoms with van der Waals surface area (Å²) in [5.74, 6) is -0.132. The first kappa shape index (κ1) is 18.1. The molecule has 3 aromatic rings. The lowest BCUT2D eigenvalue weighted by Gasteiger charge is -2.10. The number of carbonyl (C=O) groups is 1. The monoisotopic (exact) mass is 376 g/mol. The highest BCUT2D eigenvalue weighted by molar-refractivity contribution is 7.99. The molecule has 0 aliphatic heterocycles. The largest absolute Gasteiger partial charge is 0.481 e. The van der Waals surface area contributed by atoms with Crippen molar-refractivity contribution in [1.29, 1.82) is 0 Å². The van der Waals surface area contributed by atoms with E-state index in [-0.39, 0.29) is 28.5 Å². The van der Waals surface area contributed by atoms with Crippen molar-refractivity contribution in [3.63, 3.8) is 0 Å². The molecule has 0 unspecified atom stereocenters. The van der Waals surface area contributed by atoms with E-state index in [0.717, 1.165) is 11.8 Å². The highest BCUT2D eigenvalue weighted by atomic mass is 32.2. The molecule has 0 amide bonds. The minimum atomic E-state index is -0.532. The van der Waals surface area contributed by atoms with Gasteiger partial charge >= 0.3 is 0 Å². The van der Waals surface area contributed by atoms with Gasteiger partial charge in [0.1, 0.15) is 17.4 Å². The van der Waals surface area contributed by atoms with Gasteiger partial charge in [-0.25, -0.2) is 8.78 Å². The molecule has 0 N–H and O–H groups in total. The molecule has 5 nitrogen and oxygen atoms in total. The predicted octanol–water partition coefficient (Wildman–Crippen LogP) is 4.46. The van der Waals surface area contributed by atoms with Crippen LogP contribution in [-0.4, -0.2) is 21.7 Å². The molecule has 2 aromatic carbocycles. The second-order valence-electron chi connectivity index (χ2n) is 5.34. The Bertz CT molecular complexity index is 882. The molecule has 0 radical (unpaired) electrons. The van der Waals surface area contributed by atoms with Gasteiger partial charge in [-0.3, -0.25) is 4.79 Å².